The molecule has 13 heteroatoms. The molecule has 1 unspecified atom stereocenters. The Balaban J connectivity index is 1.22. The largest absolute Gasteiger partial charge is 0.401 e. The molecule has 0 saturated heterocycles. The molecule has 0 bridgehead atoms. The van der Waals surface area contributed by atoms with Crippen LogP contribution in [0.2, 0.25) is 0 Å². The lowest BCUT2D eigenvalue weighted by Crippen LogP contribution is -2.28. The number of nitrogens with one attached hydrogen (secondary N) is 1. The normalized spacial score (nSPS) is 15.3. The quantitative estimate of drug-likeness (QED) is 0.297. The van der Waals surface area contributed by atoms with Gasteiger partial charge in [0.15, 0.2) is 11.6 Å². The first-order chi connectivity index (χ1) is 18.4. The van der Waals surface area contributed by atoms with E-state index < -0.39 is 29.5 Å². The number of hydrogen-bond donors (Lipinski definition) is 1. The highest BCUT2D eigenvalue weighted by Gasteiger charge is 2.66. The molecule has 39 heavy (non-hydrogen) atoms. The minimum Gasteiger partial charge on any atom is -0.358 e. The molecule has 1 aliphatic carbocycles. The smallest absolute Gasteiger partial charge is 0.358 e. The number of anilines is 1. The summed E-state index contributed by atoms with van der Waals surface area (Å²) in [4.78, 5) is 21.0. The van der Waals surface area contributed by atoms with Crippen molar-refractivity contribution in [3.63, 3.8) is 0 Å². The summed E-state index contributed by atoms with van der Waals surface area (Å²) < 4.78 is 74.7. The van der Waals surface area contributed by atoms with Crippen molar-refractivity contribution in [3.8, 4) is 11.1 Å². The van der Waals surface area contributed by atoms with Gasteiger partial charge in [0.05, 0.1) is 12.1 Å². The van der Waals surface area contributed by atoms with E-state index in [1.54, 1.807) is 19.3 Å². The van der Waals surface area contributed by atoms with E-state index in [2.05, 4.69) is 25.5 Å². The van der Waals surface area contributed by atoms with Gasteiger partial charge in [0, 0.05) is 49.3 Å². The minimum atomic E-state index is -4.47. The standard InChI is InChI=1S/C26H23F5N6O2/c1-14(27)24-17(13-37(2)35-24)8-21-32-11-18(12-33-21)15-3-4-16(19(28)7-15)9-23(38)34-22-10-20(39-36-22)25(5-6-25)26(29,30)31/h3-4,7,10-14H,5-6,8-9H2,1-2H3,(H,34,36,38). The first-order valence-corrected chi connectivity index (χ1v) is 12.0. The van der Waals surface area contributed by atoms with Gasteiger partial charge in [-0.1, -0.05) is 17.3 Å². The molecule has 3 heterocycles. The van der Waals surface area contributed by atoms with Crippen molar-refractivity contribution in [2.75, 3.05) is 5.32 Å². The molecule has 4 aromatic rings. The first kappa shape index (κ1) is 26.4. The molecule has 1 aliphatic rings. The molecule has 0 radical (unpaired) electrons. The molecule has 0 spiro atoms. The second-order valence-corrected chi connectivity index (χ2v) is 9.58. The zero-order chi connectivity index (χ0) is 27.9. The van der Waals surface area contributed by atoms with Crippen LogP contribution in [0, 0.1) is 5.82 Å². The average molecular weight is 547 g/mol. The minimum absolute atomic E-state index is 0.0795. The second-order valence-electron chi connectivity index (χ2n) is 9.58. The third kappa shape index (κ3) is 5.38. The summed E-state index contributed by atoms with van der Waals surface area (Å²) in [7, 11) is 1.70. The highest BCUT2D eigenvalue weighted by atomic mass is 19.4. The van der Waals surface area contributed by atoms with Crippen LogP contribution in [0.5, 0.6) is 0 Å². The number of amides is 1. The first-order valence-electron chi connectivity index (χ1n) is 12.0. The zero-order valence-corrected chi connectivity index (χ0v) is 20.9. The number of carbonyl (C=O) groups excluding carboxylic acids is 1. The summed E-state index contributed by atoms with van der Waals surface area (Å²) in [6, 6.07) is 5.32. The number of halogens is 5. The van der Waals surface area contributed by atoms with Crippen molar-refractivity contribution in [1.82, 2.24) is 24.9 Å². The molecule has 5 rings (SSSR count). The van der Waals surface area contributed by atoms with E-state index in [1.807, 2.05) is 0 Å². The molecule has 1 amide bonds. The Hall–Kier alpha value is -4.16. The Kier molecular flexibility index (Phi) is 6.69. The number of aromatic nitrogens is 5. The fourth-order valence-electron chi connectivity index (χ4n) is 4.38. The van der Waals surface area contributed by atoms with Crippen molar-refractivity contribution in [2.24, 2.45) is 7.05 Å². The van der Waals surface area contributed by atoms with Gasteiger partial charge in [0.2, 0.25) is 5.91 Å². The van der Waals surface area contributed by atoms with Crippen molar-refractivity contribution < 1.29 is 31.3 Å². The molecular formula is C26H23F5N6O2. The van der Waals surface area contributed by atoms with E-state index in [0.29, 0.717) is 28.2 Å². The Morgan fingerprint density at radius 2 is 1.87 bits per heavy atom. The van der Waals surface area contributed by atoms with Crippen molar-refractivity contribution in [1.29, 1.82) is 0 Å². The van der Waals surface area contributed by atoms with Crippen LogP contribution in [-0.2, 0) is 30.1 Å². The zero-order valence-electron chi connectivity index (χ0n) is 20.9. The molecule has 3 aromatic heterocycles. The van der Waals surface area contributed by atoms with Crippen LogP contribution in [0.3, 0.4) is 0 Å². The van der Waals surface area contributed by atoms with Crippen LogP contribution in [0.25, 0.3) is 11.1 Å². The van der Waals surface area contributed by atoms with Gasteiger partial charge in [-0.2, -0.15) is 18.3 Å². The number of alkyl halides is 4. The van der Waals surface area contributed by atoms with Gasteiger partial charge in [-0.3, -0.25) is 9.48 Å². The lowest BCUT2D eigenvalue weighted by molar-refractivity contribution is -0.165. The van der Waals surface area contributed by atoms with Crippen molar-refractivity contribution >= 4 is 11.7 Å². The molecule has 204 valence electrons. The molecule has 1 N–H and O–H groups in total. The number of benzene rings is 1. The number of nitrogens with zero attached hydrogens (tertiary/aromatic N) is 5. The van der Waals surface area contributed by atoms with E-state index in [9.17, 15) is 26.7 Å². The molecular weight excluding hydrogens is 523 g/mol. The number of aryl methyl sites for hydroxylation is 1. The summed E-state index contributed by atoms with van der Waals surface area (Å²) in [5, 5.41) is 9.97. The SMILES string of the molecule is CC(F)c1nn(C)cc1Cc1ncc(-c2ccc(CC(=O)Nc3cc(C4(C(F)(F)F)CC4)on3)c(F)c2)cn1. The molecule has 1 fully saturated rings. The van der Waals surface area contributed by atoms with E-state index >= 15 is 0 Å². The van der Waals surface area contributed by atoms with Gasteiger partial charge in [-0.05, 0) is 37.0 Å². The van der Waals surface area contributed by atoms with E-state index in [-0.39, 0.29) is 42.8 Å². The third-order valence-corrected chi connectivity index (χ3v) is 6.65. The maximum absolute atomic E-state index is 14.8. The predicted molar refractivity (Wildman–Crippen MR) is 129 cm³/mol. The summed E-state index contributed by atoms with van der Waals surface area (Å²) >= 11 is 0. The van der Waals surface area contributed by atoms with Gasteiger partial charge in [-0.15, -0.1) is 0 Å². The van der Waals surface area contributed by atoms with E-state index in [1.165, 1.54) is 36.1 Å². The Morgan fingerprint density at radius 1 is 1.15 bits per heavy atom. The van der Waals surface area contributed by atoms with Gasteiger partial charge in [-0.25, -0.2) is 18.7 Å². The fourth-order valence-corrected chi connectivity index (χ4v) is 4.38. The molecule has 1 atom stereocenters. The number of carbonyl (C=O) groups is 1. The summed E-state index contributed by atoms with van der Waals surface area (Å²) in [6.07, 6.45) is -1.24. The summed E-state index contributed by atoms with van der Waals surface area (Å²) in [5.41, 5.74) is 0.0306. The Bertz CT molecular complexity index is 1510. The lowest BCUT2D eigenvalue weighted by Gasteiger charge is -2.14. The van der Waals surface area contributed by atoms with Gasteiger partial charge in [0.1, 0.15) is 23.2 Å². The van der Waals surface area contributed by atoms with Gasteiger partial charge in [0.25, 0.3) is 0 Å². The highest BCUT2D eigenvalue weighted by Crippen LogP contribution is 2.59. The maximum atomic E-state index is 14.8. The molecule has 1 aromatic carbocycles. The fraction of sp³-hybridized carbons (Fsp3) is 0.346. The number of hydrogen-bond acceptors (Lipinski definition) is 6. The maximum Gasteiger partial charge on any atom is 0.401 e. The molecule has 1 saturated carbocycles. The molecule has 8 nitrogen and oxygen atoms in total. The Morgan fingerprint density at radius 3 is 2.49 bits per heavy atom. The Labute approximate surface area is 219 Å². The average Bonchev–Trinajstić information content (AvgIpc) is 3.44. The van der Waals surface area contributed by atoms with Crippen molar-refractivity contribution in [2.45, 2.75) is 50.4 Å². The van der Waals surface area contributed by atoms with E-state index in [0.717, 1.165) is 6.07 Å². The topological polar surface area (TPSA) is 98.7 Å². The van der Waals surface area contributed by atoms with Crippen LogP contribution >= 0.6 is 0 Å². The van der Waals surface area contributed by atoms with Gasteiger partial charge < -0.3 is 9.84 Å². The van der Waals surface area contributed by atoms with E-state index in [4.69, 9.17) is 4.52 Å². The third-order valence-electron chi connectivity index (χ3n) is 6.65. The van der Waals surface area contributed by atoms with Crippen LogP contribution in [0.15, 0.2) is 47.4 Å². The van der Waals surface area contributed by atoms with Crippen LogP contribution in [0.4, 0.5) is 27.8 Å². The van der Waals surface area contributed by atoms with Crippen LogP contribution in [0.1, 0.15) is 54.3 Å². The van der Waals surface area contributed by atoms with Gasteiger partial charge >= 0.3 is 6.18 Å². The summed E-state index contributed by atoms with van der Waals surface area (Å²) in [6.45, 7) is 1.41. The second kappa shape index (κ2) is 9.86. The molecule has 0 aliphatic heterocycles. The predicted octanol–water partition coefficient (Wildman–Crippen LogP) is 5.40. The highest BCUT2D eigenvalue weighted by molar-refractivity contribution is 5.91. The van der Waals surface area contributed by atoms with Crippen LogP contribution in [-0.4, -0.2) is 37.0 Å². The number of rotatable bonds is 8. The van der Waals surface area contributed by atoms with Crippen LogP contribution < -0.4 is 5.32 Å². The summed E-state index contributed by atoms with van der Waals surface area (Å²) in [5.74, 6) is -1.39. The lowest BCUT2D eigenvalue weighted by atomic mass is 10.0. The monoisotopic (exact) mass is 546 g/mol. The van der Waals surface area contributed by atoms with Crippen molar-refractivity contribution in [3.05, 3.63) is 77.1 Å².